The average Bonchev–Trinajstić information content (AvgIpc) is 3.08. The van der Waals surface area contributed by atoms with E-state index in [9.17, 15) is 8.42 Å². The van der Waals surface area contributed by atoms with E-state index in [-0.39, 0.29) is 26.9 Å². The van der Waals surface area contributed by atoms with Crippen LogP contribution in [0.2, 0.25) is 10.0 Å². The monoisotopic (exact) mass is 321 g/mol. The second kappa shape index (κ2) is 5.60. The Morgan fingerprint density at radius 1 is 1.26 bits per heavy atom. The molecule has 1 saturated carbocycles. The fraction of sp³-hybridized carbons (Fsp3) is 0.538. The van der Waals surface area contributed by atoms with Crippen molar-refractivity contribution in [2.75, 3.05) is 6.54 Å². The summed E-state index contributed by atoms with van der Waals surface area (Å²) in [7, 11) is -3.62. The van der Waals surface area contributed by atoms with E-state index in [1.807, 2.05) is 13.8 Å². The predicted octanol–water partition coefficient (Wildman–Crippen LogP) is 3.80. The molecule has 0 radical (unpaired) electrons. The van der Waals surface area contributed by atoms with Crippen molar-refractivity contribution >= 4 is 33.2 Å². The Hall–Kier alpha value is -0.290. The van der Waals surface area contributed by atoms with Crippen molar-refractivity contribution in [3.05, 3.63) is 28.2 Å². The Bertz CT molecular complexity index is 548. The second-order valence-corrected chi connectivity index (χ2v) is 7.89. The second-order valence-electron chi connectivity index (χ2n) is 5.25. The Labute approximate surface area is 124 Å². The van der Waals surface area contributed by atoms with Gasteiger partial charge in [-0.05, 0) is 30.9 Å². The standard InChI is InChI=1S/C13H17Cl2NO2S/c1-9(2)8-16(10-6-7-10)19(17,18)13-11(14)4-3-5-12(13)15/h3-5,9-10H,6-8H2,1-2H3. The maximum Gasteiger partial charge on any atom is 0.246 e. The summed E-state index contributed by atoms with van der Waals surface area (Å²) in [5.74, 6) is 0.261. The Kier molecular flexibility index (Phi) is 4.45. The smallest absolute Gasteiger partial charge is 0.207 e. The Morgan fingerprint density at radius 3 is 2.21 bits per heavy atom. The average molecular weight is 322 g/mol. The molecule has 0 saturated heterocycles. The summed E-state index contributed by atoms with van der Waals surface area (Å²) >= 11 is 12.1. The third-order valence-corrected chi connectivity index (χ3v) is 5.86. The highest BCUT2D eigenvalue weighted by molar-refractivity contribution is 7.89. The summed E-state index contributed by atoms with van der Waals surface area (Å²) in [6.07, 6.45) is 1.82. The lowest BCUT2D eigenvalue weighted by Gasteiger charge is -2.24. The van der Waals surface area contributed by atoms with Gasteiger partial charge >= 0.3 is 0 Å². The molecular weight excluding hydrogens is 305 g/mol. The van der Waals surface area contributed by atoms with Crippen molar-refractivity contribution in [1.29, 1.82) is 0 Å². The number of hydrogen-bond acceptors (Lipinski definition) is 2. The minimum atomic E-state index is -3.62. The van der Waals surface area contributed by atoms with E-state index in [2.05, 4.69) is 0 Å². The summed E-state index contributed by atoms with van der Waals surface area (Å²) < 4.78 is 27.0. The van der Waals surface area contributed by atoms with Crippen molar-refractivity contribution in [2.24, 2.45) is 5.92 Å². The molecule has 1 aromatic carbocycles. The topological polar surface area (TPSA) is 37.4 Å². The Morgan fingerprint density at radius 2 is 1.79 bits per heavy atom. The van der Waals surface area contributed by atoms with Crippen molar-refractivity contribution in [1.82, 2.24) is 4.31 Å². The molecule has 0 aromatic heterocycles. The van der Waals surface area contributed by atoms with Gasteiger partial charge in [-0.15, -0.1) is 0 Å². The summed E-state index contributed by atoms with van der Waals surface area (Å²) in [5, 5.41) is 0.365. The van der Waals surface area contributed by atoms with Gasteiger partial charge in [-0.25, -0.2) is 8.42 Å². The number of sulfonamides is 1. The summed E-state index contributed by atoms with van der Waals surface area (Å²) in [5.41, 5.74) is 0. The van der Waals surface area contributed by atoms with E-state index < -0.39 is 10.0 Å². The third-order valence-electron chi connectivity index (χ3n) is 2.98. The molecule has 6 heteroatoms. The zero-order valence-corrected chi connectivity index (χ0v) is 13.3. The molecule has 0 spiro atoms. The first kappa shape index (κ1) is 15.1. The van der Waals surface area contributed by atoms with Gasteiger partial charge in [0, 0.05) is 12.6 Å². The van der Waals surface area contributed by atoms with Gasteiger partial charge in [0.05, 0.1) is 10.0 Å². The van der Waals surface area contributed by atoms with Gasteiger partial charge in [-0.2, -0.15) is 4.31 Å². The maximum absolute atomic E-state index is 12.7. The van der Waals surface area contributed by atoms with Crippen molar-refractivity contribution < 1.29 is 8.42 Å². The van der Waals surface area contributed by atoms with Gasteiger partial charge in [-0.3, -0.25) is 0 Å². The molecule has 0 amide bonds. The summed E-state index contributed by atoms with van der Waals surface area (Å²) in [6, 6.07) is 4.86. The van der Waals surface area contributed by atoms with Gasteiger partial charge in [0.1, 0.15) is 4.90 Å². The quantitative estimate of drug-likeness (QED) is 0.827. The fourth-order valence-corrected chi connectivity index (χ4v) is 4.96. The molecule has 0 unspecified atom stereocenters. The largest absolute Gasteiger partial charge is 0.246 e. The molecule has 0 heterocycles. The fourth-order valence-electron chi connectivity index (χ4n) is 2.01. The molecular formula is C13H17Cl2NO2S. The SMILES string of the molecule is CC(C)CN(C1CC1)S(=O)(=O)c1c(Cl)cccc1Cl. The third kappa shape index (κ3) is 3.24. The lowest BCUT2D eigenvalue weighted by molar-refractivity contribution is 0.360. The van der Waals surface area contributed by atoms with Crippen LogP contribution in [0.25, 0.3) is 0 Å². The number of nitrogens with zero attached hydrogens (tertiary/aromatic N) is 1. The maximum atomic E-state index is 12.7. The zero-order chi connectivity index (χ0) is 14.2. The molecule has 0 atom stereocenters. The first-order chi connectivity index (χ1) is 8.84. The van der Waals surface area contributed by atoms with Crippen LogP contribution in [0.4, 0.5) is 0 Å². The zero-order valence-electron chi connectivity index (χ0n) is 10.9. The number of rotatable bonds is 5. The highest BCUT2D eigenvalue weighted by Crippen LogP contribution is 2.37. The normalized spacial score (nSPS) is 16.3. The van der Waals surface area contributed by atoms with Crippen LogP contribution >= 0.6 is 23.2 Å². The van der Waals surface area contributed by atoms with E-state index in [1.54, 1.807) is 22.5 Å². The molecule has 2 rings (SSSR count). The van der Waals surface area contributed by atoms with Crippen LogP contribution in [0, 0.1) is 5.92 Å². The molecule has 1 aliphatic rings. The lowest BCUT2D eigenvalue weighted by Crippen LogP contribution is -2.36. The molecule has 1 fully saturated rings. The highest BCUT2D eigenvalue weighted by atomic mass is 35.5. The minimum absolute atomic E-state index is 0.0332. The predicted molar refractivity (Wildman–Crippen MR) is 78.2 cm³/mol. The van der Waals surface area contributed by atoms with E-state index in [4.69, 9.17) is 23.2 Å². The van der Waals surface area contributed by atoms with Gasteiger partial charge in [0.2, 0.25) is 10.0 Å². The van der Waals surface area contributed by atoms with Gasteiger partial charge in [0.15, 0.2) is 0 Å². The number of hydrogen-bond donors (Lipinski definition) is 0. The van der Waals surface area contributed by atoms with E-state index in [0.29, 0.717) is 6.54 Å². The van der Waals surface area contributed by atoms with Gasteiger partial charge < -0.3 is 0 Å². The molecule has 1 aromatic rings. The lowest BCUT2D eigenvalue weighted by atomic mass is 10.2. The number of benzene rings is 1. The molecule has 106 valence electrons. The van der Waals surface area contributed by atoms with E-state index >= 15 is 0 Å². The highest BCUT2D eigenvalue weighted by Gasteiger charge is 2.39. The van der Waals surface area contributed by atoms with E-state index in [0.717, 1.165) is 12.8 Å². The van der Waals surface area contributed by atoms with Crippen LogP contribution in [0.1, 0.15) is 26.7 Å². The molecule has 0 aliphatic heterocycles. The summed E-state index contributed by atoms with van der Waals surface area (Å²) in [6.45, 7) is 4.49. The van der Waals surface area contributed by atoms with Crippen LogP contribution in [0.3, 0.4) is 0 Å². The number of halogens is 2. The Balaban J connectivity index is 2.45. The molecule has 1 aliphatic carbocycles. The molecule has 0 bridgehead atoms. The van der Waals surface area contributed by atoms with Crippen LogP contribution in [0.15, 0.2) is 23.1 Å². The first-order valence-corrected chi connectivity index (χ1v) is 8.49. The first-order valence-electron chi connectivity index (χ1n) is 6.30. The molecule has 3 nitrogen and oxygen atoms in total. The summed E-state index contributed by atoms with van der Waals surface area (Å²) in [4.78, 5) is 0.0332. The van der Waals surface area contributed by atoms with Crippen molar-refractivity contribution in [3.63, 3.8) is 0 Å². The van der Waals surface area contributed by atoms with Gasteiger partial charge in [-0.1, -0.05) is 43.1 Å². The van der Waals surface area contributed by atoms with Crippen LogP contribution < -0.4 is 0 Å². The van der Waals surface area contributed by atoms with E-state index in [1.165, 1.54) is 0 Å². The van der Waals surface area contributed by atoms with Crippen molar-refractivity contribution in [2.45, 2.75) is 37.6 Å². The molecule has 0 N–H and O–H groups in total. The van der Waals surface area contributed by atoms with Gasteiger partial charge in [0.25, 0.3) is 0 Å². The van der Waals surface area contributed by atoms with Crippen molar-refractivity contribution in [3.8, 4) is 0 Å². The van der Waals surface area contributed by atoms with Crippen LogP contribution in [0.5, 0.6) is 0 Å². The van der Waals surface area contributed by atoms with Crippen LogP contribution in [-0.2, 0) is 10.0 Å². The minimum Gasteiger partial charge on any atom is -0.207 e. The van der Waals surface area contributed by atoms with Crippen LogP contribution in [-0.4, -0.2) is 25.3 Å². The molecule has 19 heavy (non-hydrogen) atoms.